The Morgan fingerprint density at radius 1 is 1.39 bits per heavy atom. The molecule has 94 valence electrons. The molecule has 6 heteroatoms. The average molecular weight is 263 g/mol. The van der Waals surface area contributed by atoms with Crippen LogP contribution in [0.25, 0.3) is 11.0 Å². The molecule has 1 aliphatic heterocycles. The van der Waals surface area contributed by atoms with E-state index in [1.54, 1.807) is 16.8 Å². The molecule has 1 aromatic heterocycles. The molecule has 2 heterocycles. The van der Waals surface area contributed by atoms with Gasteiger partial charge in [-0.15, -0.1) is 5.10 Å². The summed E-state index contributed by atoms with van der Waals surface area (Å²) in [5.74, 6) is 1.28. The highest BCUT2D eigenvalue weighted by Gasteiger charge is 2.22. The Balaban J connectivity index is 2.14. The van der Waals surface area contributed by atoms with Crippen molar-refractivity contribution in [3.05, 3.63) is 23.8 Å². The summed E-state index contributed by atoms with van der Waals surface area (Å²) < 4.78 is 1.80. The first kappa shape index (κ1) is 11.5. The van der Waals surface area contributed by atoms with Crippen molar-refractivity contribution in [2.45, 2.75) is 18.9 Å². The standard InChI is InChI=1S/C12H13N3O2S/c16-12(17)9-2-1-3-10-11(9)15(14-13-10)8-4-6-18-7-5-8/h1-3,8H,4-7H2,(H,16,17). The van der Waals surface area contributed by atoms with Gasteiger partial charge >= 0.3 is 5.97 Å². The normalized spacial score (nSPS) is 17.1. The molecule has 0 spiro atoms. The number of fused-ring (bicyclic) bond motifs is 1. The van der Waals surface area contributed by atoms with Crippen LogP contribution >= 0.6 is 11.8 Å². The fourth-order valence-electron chi connectivity index (χ4n) is 2.35. The number of rotatable bonds is 2. The van der Waals surface area contributed by atoms with Crippen molar-refractivity contribution >= 4 is 28.8 Å². The lowest BCUT2D eigenvalue weighted by atomic mass is 10.1. The monoisotopic (exact) mass is 263 g/mol. The molecule has 0 saturated carbocycles. The number of carbonyl (C=O) groups is 1. The van der Waals surface area contributed by atoms with Gasteiger partial charge in [0.15, 0.2) is 0 Å². The topological polar surface area (TPSA) is 68.0 Å². The zero-order valence-electron chi connectivity index (χ0n) is 9.74. The fourth-order valence-corrected chi connectivity index (χ4v) is 3.43. The minimum atomic E-state index is -0.922. The van der Waals surface area contributed by atoms with E-state index in [1.807, 2.05) is 17.8 Å². The lowest BCUT2D eigenvalue weighted by Gasteiger charge is -2.22. The van der Waals surface area contributed by atoms with Gasteiger partial charge in [0.05, 0.1) is 11.6 Å². The summed E-state index contributed by atoms with van der Waals surface area (Å²) in [6.45, 7) is 0. The third-order valence-electron chi connectivity index (χ3n) is 3.26. The number of benzene rings is 1. The summed E-state index contributed by atoms with van der Waals surface area (Å²) in [6, 6.07) is 5.41. The van der Waals surface area contributed by atoms with E-state index in [-0.39, 0.29) is 11.6 Å². The van der Waals surface area contributed by atoms with Crippen molar-refractivity contribution in [1.82, 2.24) is 15.0 Å². The molecule has 3 rings (SSSR count). The fraction of sp³-hybridized carbons (Fsp3) is 0.417. The molecule has 1 N–H and O–H groups in total. The van der Waals surface area contributed by atoms with E-state index in [0.29, 0.717) is 11.0 Å². The molecular weight excluding hydrogens is 250 g/mol. The predicted octanol–water partition coefficient (Wildman–Crippen LogP) is 2.20. The minimum Gasteiger partial charge on any atom is -0.478 e. The summed E-state index contributed by atoms with van der Waals surface area (Å²) in [6.07, 6.45) is 2.05. The molecule has 1 saturated heterocycles. The maximum absolute atomic E-state index is 11.3. The molecule has 0 aliphatic carbocycles. The molecule has 0 atom stereocenters. The summed E-state index contributed by atoms with van der Waals surface area (Å²) >= 11 is 1.93. The van der Waals surface area contributed by atoms with E-state index >= 15 is 0 Å². The van der Waals surface area contributed by atoms with Crippen LogP contribution in [0.1, 0.15) is 29.2 Å². The zero-order valence-corrected chi connectivity index (χ0v) is 10.6. The number of thioether (sulfide) groups is 1. The van der Waals surface area contributed by atoms with Crippen molar-refractivity contribution in [3.63, 3.8) is 0 Å². The van der Waals surface area contributed by atoms with Gasteiger partial charge < -0.3 is 5.11 Å². The van der Waals surface area contributed by atoms with Crippen molar-refractivity contribution in [3.8, 4) is 0 Å². The third-order valence-corrected chi connectivity index (χ3v) is 4.31. The third kappa shape index (κ3) is 1.86. The molecule has 18 heavy (non-hydrogen) atoms. The SMILES string of the molecule is O=C(O)c1cccc2nnn(C3CCSCC3)c12. The van der Waals surface area contributed by atoms with Crippen molar-refractivity contribution in [2.75, 3.05) is 11.5 Å². The first-order valence-corrected chi connectivity index (χ1v) is 7.08. The van der Waals surface area contributed by atoms with Gasteiger partial charge in [-0.2, -0.15) is 11.8 Å². The minimum absolute atomic E-state index is 0.275. The molecular formula is C12H13N3O2S. The first-order chi connectivity index (χ1) is 8.77. The van der Waals surface area contributed by atoms with E-state index in [1.165, 1.54) is 0 Å². The zero-order chi connectivity index (χ0) is 12.5. The number of aromatic nitrogens is 3. The van der Waals surface area contributed by atoms with Crippen LogP contribution in [0.2, 0.25) is 0 Å². The number of nitrogens with zero attached hydrogens (tertiary/aromatic N) is 3. The maximum Gasteiger partial charge on any atom is 0.337 e. The first-order valence-electron chi connectivity index (χ1n) is 5.92. The van der Waals surface area contributed by atoms with Crippen LogP contribution in [-0.4, -0.2) is 37.6 Å². The highest BCUT2D eigenvalue weighted by atomic mass is 32.2. The average Bonchev–Trinajstić information content (AvgIpc) is 2.83. The van der Waals surface area contributed by atoms with E-state index in [4.69, 9.17) is 0 Å². The molecule has 1 fully saturated rings. The van der Waals surface area contributed by atoms with Gasteiger partial charge in [-0.05, 0) is 36.5 Å². The molecule has 2 aromatic rings. The Hall–Kier alpha value is -1.56. The Kier molecular flexibility index (Phi) is 2.95. The van der Waals surface area contributed by atoms with Crippen LogP contribution in [0.4, 0.5) is 0 Å². The molecule has 1 aliphatic rings. The number of carboxylic acid groups (broad SMARTS) is 1. The van der Waals surface area contributed by atoms with Crippen LogP contribution in [0, 0.1) is 0 Å². The van der Waals surface area contributed by atoms with Gasteiger partial charge in [-0.25, -0.2) is 9.48 Å². The summed E-state index contributed by atoms with van der Waals surface area (Å²) in [5.41, 5.74) is 1.60. The summed E-state index contributed by atoms with van der Waals surface area (Å²) in [5, 5.41) is 17.5. The van der Waals surface area contributed by atoms with E-state index in [2.05, 4.69) is 10.3 Å². The second-order valence-corrected chi connectivity index (χ2v) is 5.58. The van der Waals surface area contributed by atoms with E-state index in [9.17, 15) is 9.90 Å². The van der Waals surface area contributed by atoms with Crippen molar-refractivity contribution in [2.24, 2.45) is 0 Å². The van der Waals surface area contributed by atoms with E-state index < -0.39 is 5.97 Å². The van der Waals surface area contributed by atoms with Gasteiger partial charge in [-0.3, -0.25) is 0 Å². The number of carboxylic acids is 1. The van der Waals surface area contributed by atoms with Crippen LogP contribution < -0.4 is 0 Å². The second-order valence-electron chi connectivity index (χ2n) is 4.36. The van der Waals surface area contributed by atoms with Crippen LogP contribution in [0.15, 0.2) is 18.2 Å². The maximum atomic E-state index is 11.3. The number of para-hydroxylation sites is 1. The Labute approximate surface area is 108 Å². The molecule has 0 bridgehead atoms. The lowest BCUT2D eigenvalue weighted by Crippen LogP contribution is -2.17. The lowest BCUT2D eigenvalue weighted by molar-refractivity contribution is 0.0698. The quantitative estimate of drug-likeness (QED) is 0.899. The summed E-state index contributed by atoms with van der Waals surface area (Å²) in [7, 11) is 0. The van der Waals surface area contributed by atoms with Crippen LogP contribution in [-0.2, 0) is 0 Å². The van der Waals surface area contributed by atoms with Gasteiger partial charge in [0.2, 0.25) is 0 Å². The molecule has 1 aromatic carbocycles. The smallest absolute Gasteiger partial charge is 0.337 e. The van der Waals surface area contributed by atoms with Crippen LogP contribution in [0.3, 0.4) is 0 Å². The molecule has 0 unspecified atom stereocenters. The largest absolute Gasteiger partial charge is 0.478 e. The number of aromatic carboxylic acids is 1. The van der Waals surface area contributed by atoms with Gasteiger partial charge in [-0.1, -0.05) is 11.3 Å². The van der Waals surface area contributed by atoms with Crippen molar-refractivity contribution in [1.29, 1.82) is 0 Å². The Morgan fingerprint density at radius 2 is 2.17 bits per heavy atom. The van der Waals surface area contributed by atoms with Gasteiger partial charge in [0.1, 0.15) is 11.0 Å². The number of hydrogen-bond acceptors (Lipinski definition) is 4. The second kappa shape index (κ2) is 4.61. The molecule has 0 radical (unpaired) electrons. The van der Waals surface area contributed by atoms with E-state index in [0.717, 1.165) is 24.3 Å². The Bertz CT molecular complexity index is 590. The predicted molar refractivity (Wildman–Crippen MR) is 70.1 cm³/mol. The Morgan fingerprint density at radius 3 is 2.89 bits per heavy atom. The van der Waals surface area contributed by atoms with Crippen molar-refractivity contribution < 1.29 is 9.90 Å². The van der Waals surface area contributed by atoms with Gasteiger partial charge in [0.25, 0.3) is 0 Å². The highest BCUT2D eigenvalue weighted by Crippen LogP contribution is 2.29. The van der Waals surface area contributed by atoms with Gasteiger partial charge in [0, 0.05) is 0 Å². The number of hydrogen-bond donors (Lipinski definition) is 1. The molecule has 0 amide bonds. The molecule has 5 nitrogen and oxygen atoms in total. The van der Waals surface area contributed by atoms with Crippen LogP contribution in [0.5, 0.6) is 0 Å². The highest BCUT2D eigenvalue weighted by molar-refractivity contribution is 7.99. The summed E-state index contributed by atoms with van der Waals surface area (Å²) in [4.78, 5) is 11.3.